The fourth-order valence-electron chi connectivity index (χ4n) is 1.80. The molecule has 0 heterocycles. The van der Waals surface area contributed by atoms with Gasteiger partial charge in [-0.1, -0.05) is 18.2 Å². The molecule has 0 N–H and O–H groups in total. The fraction of sp³-hybridized carbons (Fsp3) is 0.133. The molecule has 0 aromatic heterocycles. The van der Waals surface area contributed by atoms with Gasteiger partial charge < -0.3 is 4.74 Å². The predicted octanol–water partition coefficient (Wildman–Crippen LogP) is 3.79. The Labute approximate surface area is 115 Å². The minimum absolute atomic E-state index is 0.0248. The van der Waals surface area contributed by atoms with Crippen LogP contribution in [0.5, 0.6) is 5.75 Å². The standard InChI is InChI=1S/C15H13FO2S/c1-18-13-8-4-7-12(16)14(13)15(17)10-5-3-6-11(9-10)19-2/h3-9H,1-2H3. The zero-order valence-corrected chi connectivity index (χ0v) is 11.5. The molecule has 0 aliphatic rings. The highest BCUT2D eigenvalue weighted by Crippen LogP contribution is 2.25. The first kappa shape index (κ1) is 13.6. The molecule has 0 saturated carbocycles. The molecule has 19 heavy (non-hydrogen) atoms. The summed E-state index contributed by atoms with van der Waals surface area (Å²) in [4.78, 5) is 13.3. The van der Waals surface area contributed by atoms with Crippen LogP contribution in [0.4, 0.5) is 4.39 Å². The van der Waals surface area contributed by atoms with Gasteiger partial charge in [0.2, 0.25) is 0 Å². The number of ketones is 1. The van der Waals surface area contributed by atoms with E-state index in [9.17, 15) is 9.18 Å². The Morgan fingerprint density at radius 3 is 2.63 bits per heavy atom. The molecule has 0 radical (unpaired) electrons. The van der Waals surface area contributed by atoms with Crippen molar-refractivity contribution in [3.05, 3.63) is 59.4 Å². The Morgan fingerprint density at radius 2 is 1.95 bits per heavy atom. The van der Waals surface area contributed by atoms with Crippen LogP contribution < -0.4 is 4.74 Å². The molecule has 0 bridgehead atoms. The van der Waals surface area contributed by atoms with E-state index in [-0.39, 0.29) is 17.1 Å². The summed E-state index contributed by atoms with van der Waals surface area (Å²) < 4.78 is 18.9. The van der Waals surface area contributed by atoms with Crippen molar-refractivity contribution in [1.82, 2.24) is 0 Å². The average Bonchev–Trinajstić information content (AvgIpc) is 2.46. The second kappa shape index (κ2) is 5.89. The number of thioether (sulfide) groups is 1. The van der Waals surface area contributed by atoms with E-state index in [4.69, 9.17) is 4.74 Å². The first-order chi connectivity index (χ1) is 9.17. The molecule has 98 valence electrons. The minimum Gasteiger partial charge on any atom is -0.496 e. The lowest BCUT2D eigenvalue weighted by atomic mass is 10.0. The van der Waals surface area contributed by atoms with Gasteiger partial charge in [0.1, 0.15) is 17.1 Å². The number of rotatable bonds is 4. The van der Waals surface area contributed by atoms with Crippen molar-refractivity contribution in [2.45, 2.75) is 4.90 Å². The molecular weight excluding hydrogens is 263 g/mol. The number of halogens is 1. The Bertz CT molecular complexity index is 611. The molecular formula is C15H13FO2S. The third-order valence-electron chi connectivity index (χ3n) is 2.75. The summed E-state index contributed by atoms with van der Waals surface area (Å²) in [5.41, 5.74) is 0.429. The molecule has 0 fully saturated rings. The summed E-state index contributed by atoms with van der Waals surface area (Å²) in [5.74, 6) is -0.690. The summed E-state index contributed by atoms with van der Waals surface area (Å²) in [6.45, 7) is 0. The molecule has 0 spiro atoms. The van der Waals surface area contributed by atoms with Crippen LogP contribution >= 0.6 is 11.8 Å². The van der Waals surface area contributed by atoms with E-state index >= 15 is 0 Å². The zero-order valence-electron chi connectivity index (χ0n) is 10.6. The van der Waals surface area contributed by atoms with Crippen molar-refractivity contribution < 1.29 is 13.9 Å². The third kappa shape index (κ3) is 2.79. The smallest absolute Gasteiger partial charge is 0.199 e. The molecule has 0 saturated heterocycles. The van der Waals surface area contributed by atoms with Gasteiger partial charge in [0.25, 0.3) is 0 Å². The van der Waals surface area contributed by atoms with Crippen LogP contribution in [0, 0.1) is 5.82 Å². The zero-order chi connectivity index (χ0) is 13.8. The first-order valence-corrected chi connectivity index (χ1v) is 6.91. The fourth-order valence-corrected chi connectivity index (χ4v) is 2.26. The van der Waals surface area contributed by atoms with E-state index in [1.165, 1.54) is 31.0 Å². The number of hydrogen-bond acceptors (Lipinski definition) is 3. The number of methoxy groups -OCH3 is 1. The summed E-state index contributed by atoms with van der Waals surface area (Å²) in [7, 11) is 1.42. The minimum atomic E-state index is -0.570. The second-order valence-corrected chi connectivity index (χ2v) is 4.76. The monoisotopic (exact) mass is 276 g/mol. The Balaban J connectivity index is 2.49. The molecule has 0 aliphatic heterocycles. The van der Waals surface area contributed by atoms with E-state index in [0.29, 0.717) is 5.56 Å². The maximum absolute atomic E-state index is 13.8. The summed E-state index contributed by atoms with van der Waals surface area (Å²) in [6.07, 6.45) is 1.92. The lowest BCUT2D eigenvalue weighted by Gasteiger charge is -2.09. The highest BCUT2D eigenvalue weighted by Gasteiger charge is 2.19. The quantitative estimate of drug-likeness (QED) is 0.628. The number of ether oxygens (including phenoxy) is 1. The van der Waals surface area contributed by atoms with Crippen LogP contribution in [0.3, 0.4) is 0 Å². The number of carbonyl (C=O) groups is 1. The van der Waals surface area contributed by atoms with Crippen LogP contribution in [0.25, 0.3) is 0 Å². The molecule has 4 heteroatoms. The molecule has 0 atom stereocenters. The van der Waals surface area contributed by atoms with Gasteiger partial charge in [0.15, 0.2) is 5.78 Å². The number of hydrogen-bond donors (Lipinski definition) is 0. The highest BCUT2D eigenvalue weighted by molar-refractivity contribution is 7.98. The number of benzene rings is 2. The molecule has 0 unspecified atom stereocenters. The SMILES string of the molecule is COc1cccc(F)c1C(=O)c1cccc(SC)c1. The first-order valence-electron chi connectivity index (χ1n) is 5.68. The lowest BCUT2D eigenvalue weighted by molar-refractivity contribution is 0.103. The van der Waals surface area contributed by atoms with Crippen LogP contribution in [0.15, 0.2) is 47.4 Å². The third-order valence-corrected chi connectivity index (χ3v) is 3.48. The summed E-state index contributed by atoms with van der Waals surface area (Å²) in [5, 5.41) is 0. The average molecular weight is 276 g/mol. The van der Waals surface area contributed by atoms with Crippen LogP contribution in [-0.2, 0) is 0 Å². The molecule has 2 rings (SSSR count). The summed E-state index contributed by atoms with van der Waals surface area (Å²) >= 11 is 1.53. The Kier molecular flexibility index (Phi) is 4.22. The van der Waals surface area contributed by atoms with Gasteiger partial charge in [-0.2, -0.15) is 0 Å². The molecule has 0 amide bonds. The van der Waals surface area contributed by atoms with Crippen molar-refractivity contribution in [3.63, 3.8) is 0 Å². The van der Waals surface area contributed by atoms with Gasteiger partial charge in [-0.25, -0.2) is 4.39 Å². The van der Waals surface area contributed by atoms with Crippen LogP contribution in [0.1, 0.15) is 15.9 Å². The maximum Gasteiger partial charge on any atom is 0.199 e. The molecule has 2 aromatic carbocycles. The normalized spacial score (nSPS) is 10.3. The Hall–Kier alpha value is -1.81. The van der Waals surface area contributed by atoms with E-state index in [0.717, 1.165) is 4.90 Å². The van der Waals surface area contributed by atoms with Crippen LogP contribution in [0.2, 0.25) is 0 Å². The topological polar surface area (TPSA) is 26.3 Å². The molecule has 2 aromatic rings. The van der Waals surface area contributed by atoms with Gasteiger partial charge in [0.05, 0.1) is 7.11 Å². The number of carbonyl (C=O) groups excluding carboxylic acids is 1. The van der Waals surface area contributed by atoms with E-state index in [1.807, 2.05) is 12.3 Å². The maximum atomic E-state index is 13.8. The Morgan fingerprint density at radius 1 is 1.21 bits per heavy atom. The van der Waals surface area contributed by atoms with Gasteiger partial charge in [-0.05, 0) is 30.5 Å². The van der Waals surface area contributed by atoms with Crippen molar-refractivity contribution in [2.75, 3.05) is 13.4 Å². The van der Waals surface area contributed by atoms with E-state index < -0.39 is 5.82 Å². The van der Waals surface area contributed by atoms with Gasteiger partial charge in [-0.3, -0.25) is 4.79 Å². The van der Waals surface area contributed by atoms with Crippen molar-refractivity contribution in [2.24, 2.45) is 0 Å². The second-order valence-electron chi connectivity index (χ2n) is 3.88. The van der Waals surface area contributed by atoms with Gasteiger partial charge >= 0.3 is 0 Å². The van der Waals surface area contributed by atoms with Gasteiger partial charge in [-0.15, -0.1) is 11.8 Å². The predicted molar refractivity (Wildman–Crippen MR) is 74.6 cm³/mol. The largest absolute Gasteiger partial charge is 0.496 e. The van der Waals surface area contributed by atoms with Crippen molar-refractivity contribution >= 4 is 17.5 Å². The lowest BCUT2D eigenvalue weighted by Crippen LogP contribution is -2.07. The summed E-state index contributed by atoms with van der Waals surface area (Å²) in [6, 6.07) is 11.5. The van der Waals surface area contributed by atoms with Crippen molar-refractivity contribution in [1.29, 1.82) is 0 Å². The van der Waals surface area contributed by atoms with E-state index in [1.54, 1.807) is 24.3 Å². The van der Waals surface area contributed by atoms with Crippen molar-refractivity contribution in [3.8, 4) is 5.75 Å². The highest BCUT2D eigenvalue weighted by atomic mass is 32.2. The molecule has 0 aliphatic carbocycles. The molecule has 2 nitrogen and oxygen atoms in total. The van der Waals surface area contributed by atoms with E-state index in [2.05, 4.69) is 0 Å². The van der Waals surface area contributed by atoms with Gasteiger partial charge in [0, 0.05) is 10.5 Å². The van der Waals surface area contributed by atoms with Crippen LogP contribution in [-0.4, -0.2) is 19.1 Å².